The molecule has 0 aliphatic carbocycles. The van der Waals surface area contributed by atoms with Crippen molar-refractivity contribution in [2.45, 2.75) is 39.3 Å². The summed E-state index contributed by atoms with van der Waals surface area (Å²) >= 11 is 0. The third kappa shape index (κ3) is 3.48. The molecule has 2 aromatic carbocycles. The molecule has 1 aromatic heterocycles. The zero-order chi connectivity index (χ0) is 16.9. The van der Waals surface area contributed by atoms with Gasteiger partial charge in [0.05, 0.1) is 23.3 Å². The van der Waals surface area contributed by atoms with Crippen molar-refractivity contribution in [3.8, 4) is 0 Å². The summed E-state index contributed by atoms with van der Waals surface area (Å²) in [5, 5.41) is 3.02. The van der Waals surface area contributed by atoms with Crippen LogP contribution in [-0.2, 0) is 17.9 Å². The molecule has 0 unspecified atom stereocenters. The van der Waals surface area contributed by atoms with Crippen molar-refractivity contribution in [1.82, 2.24) is 14.9 Å². The van der Waals surface area contributed by atoms with Crippen molar-refractivity contribution in [1.29, 1.82) is 0 Å². The molecule has 0 saturated carbocycles. The van der Waals surface area contributed by atoms with Crippen LogP contribution in [0.15, 0.2) is 54.9 Å². The Kier molecular flexibility index (Phi) is 4.94. The number of aromatic nitrogens is 2. The Morgan fingerprint density at radius 3 is 2.75 bits per heavy atom. The van der Waals surface area contributed by atoms with E-state index in [4.69, 9.17) is 0 Å². The molecule has 1 amide bonds. The van der Waals surface area contributed by atoms with Gasteiger partial charge in [0, 0.05) is 13.1 Å². The van der Waals surface area contributed by atoms with Gasteiger partial charge in [-0.3, -0.25) is 4.79 Å². The van der Waals surface area contributed by atoms with E-state index in [0.29, 0.717) is 6.54 Å². The normalized spacial score (nSPS) is 12.2. The Morgan fingerprint density at radius 1 is 1.21 bits per heavy atom. The molecule has 0 aliphatic heterocycles. The molecular formula is C20H23N3O. The van der Waals surface area contributed by atoms with Gasteiger partial charge >= 0.3 is 0 Å². The second kappa shape index (κ2) is 7.30. The van der Waals surface area contributed by atoms with Crippen molar-refractivity contribution in [3.05, 3.63) is 66.0 Å². The van der Waals surface area contributed by atoms with E-state index in [1.165, 1.54) is 0 Å². The van der Waals surface area contributed by atoms with E-state index in [0.717, 1.165) is 35.1 Å². The average molecular weight is 321 g/mol. The van der Waals surface area contributed by atoms with Crippen molar-refractivity contribution in [2.75, 3.05) is 0 Å². The molecule has 1 heterocycles. The Morgan fingerprint density at radius 2 is 2.00 bits per heavy atom. The summed E-state index contributed by atoms with van der Waals surface area (Å²) in [6.07, 6.45) is 2.97. The van der Waals surface area contributed by atoms with E-state index in [1.54, 1.807) is 0 Å². The van der Waals surface area contributed by atoms with Crippen LogP contribution in [0.5, 0.6) is 0 Å². The largest absolute Gasteiger partial charge is 0.352 e. The third-order valence-electron chi connectivity index (χ3n) is 4.31. The monoisotopic (exact) mass is 321 g/mol. The average Bonchev–Trinajstić information content (AvgIpc) is 3.02. The lowest BCUT2D eigenvalue weighted by atomic mass is 10.0. The van der Waals surface area contributed by atoms with Crippen LogP contribution in [0.25, 0.3) is 11.0 Å². The number of benzene rings is 2. The van der Waals surface area contributed by atoms with Gasteiger partial charge in [-0.15, -0.1) is 0 Å². The summed E-state index contributed by atoms with van der Waals surface area (Å²) in [4.78, 5) is 16.8. The minimum absolute atomic E-state index is 0.0396. The number of hydrogen-bond acceptors (Lipinski definition) is 2. The fraction of sp³-hybridized carbons (Fsp3) is 0.300. The molecule has 0 spiro atoms. The van der Waals surface area contributed by atoms with Crippen LogP contribution in [0.1, 0.15) is 37.3 Å². The zero-order valence-electron chi connectivity index (χ0n) is 14.2. The van der Waals surface area contributed by atoms with Crippen LogP contribution in [0.4, 0.5) is 0 Å². The maximum absolute atomic E-state index is 12.3. The standard InChI is InChI=1S/C20H23N3O/c1-3-11-23-14-22-18-12-16(9-10-19(18)23)13-21-20(24)15(2)17-7-5-4-6-8-17/h4-10,12,14-15H,3,11,13H2,1-2H3,(H,21,24)/t15-/m0/s1. The van der Waals surface area contributed by atoms with E-state index in [1.807, 2.05) is 43.6 Å². The lowest BCUT2D eigenvalue weighted by Gasteiger charge is -2.12. The predicted octanol–water partition coefficient (Wildman–Crippen LogP) is 3.87. The second-order valence-corrected chi connectivity index (χ2v) is 6.11. The number of aryl methyl sites for hydroxylation is 1. The fourth-order valence-corrected chi connectivity index (χ4v) is 2.87. The van der Waals surface area contributed by atoms with Crippen LogP contribution in [0.2, 0.25) is 0 Å². The maximum atomic E-state index is 12.3. The summed E-state index contributed by atoms with van der Waals surface area (Å²) in [6, 6.07) is 16.0. The first kappa shape index (κ1) is 16.2. The first-order valence-electron chi connectivity index (χ1n) is 8.45. The van der Waals surface area contributed by atoms with Crippen LogP contribution < -0.4 is 5.32 Å². The first-order valence-corrected chi connectivity index (χ1v) is 8.45. The van der Waals surface area contributed by atoms with Gasteiger partial charge in [-0.2, -0.15) is 0 Å². The summed E-state index contributed by atoms with van der Waals surface area (Å²) in [6.45, 7) is 5.58. The minimum atomic E-state index is -0.154. The number of nitrogens with zero attached hydrogens (tertiary/aromatic N) is 2. The van der Waals surface area contributed by atoms with Crippen LogP contribution in [0, 0.1) is 0 Å². The number of carbonyl (C=O) groups is 1. The molecular weight excluding hydrogens is 298 g/mol. The molecule has 4 nitrogen and oxygen atoms in total. The lowest BCUT2D eigenvalue weighted by Crippen LogP contribution is -2.27. The highest BCUT2D eigenvalue weighted by Gasteiger charge is 2.14. The summed E-state index contributed by atoms with van der Waals surface area (Å²) in [5.74, 6) is -0.114. The van der Waals surface area contributed by atoms with Crippen LogP contribution in [0.3, 0.4) is 0 Å². The van der Waals surface area contributed by atoms with E-state index in [-0.39, 0.29) is 11.8 Å². The molecule has 24 heavy (non-hydrogen) atoms. The SMILES string of the molecule is CCCn1cnc2cc(CNC(=O)[C@@H](C)c3ccccc3)ccc21. The van der Waals surface area contributed by atoms with Crippen molar-refractivity contribution in [2.24, 2.45) is 0 Å². The van der Waals surface area contributed by atoms with Crippen LogP contribution >= 0.6 is 0 Å². The highest BCUT2D eigenvalue weighted by molar-refractivity contribution is 5.83. The highest BCUT2D eigenvalue weighted by atomic mass is 16.1. The molecule has 3 aromatic rings. The molecule has 0 radical (unpaired) electrons. The number of imidazole rings is 1. The van der Waals surface area contributed by atoms with E-state index >= 15 is 0 Å². The molecule has 3 rings (SSSR count). The van der Waals surface area contributed by atoms with Crippen molar-refractivity contribution in [3.63, 3.8) is 0 Å². The maximum Gasteiger partial charge on any atom is 0.227 e. The van der Waals surface area contributed by atoms with Crippen molar-refractivity contribution < 1.29 is 4.79 Å². The Labute approximate surface area is 142 Å². The van der Waals surface area contributed by atoms with Crippen LogP contribution in [-0.4, -0.2) is 15.5 Å². The third-order valence-corrected chi connectivity index (χ3v) is 4.31. The molecule has 0 bridgehead atoms. The summed E-state index contributed by atoms with van der Waals surface area (Å²) < 4.78 is 2.16. The minimum Gasteiger partial charge on any atom is -0.352 e. The number of amides is 1. The Bertz CT molecular complexity index is 823. The van der Waals surface area contributed by atoms with Gasteiger partial charge in [-0.1, -0.05) is 43.3 Å². The molecule has 1 N–H and O–H groups in total. The van der Waals surface area contributed by atoms with Gasteiger partial charge in [0.1, 0.15) is 0 Å². The van der Waals surface area contributed by atoms with Gasteiger partial charge < -0.3 is 9.88 Å². The van der Waals surface area contributed by atoms with Gasteiger partial charge in [0.25, 0.3) is 0 Å². The smallest absolute Gasteiger partial charge is 0.227 e. The van der Waals surface area contributed by atoms with E-state index in [9.17, 15) is 4.79 Å². The number of carbonyl (C=O) groups excluding carboxylic acids is 1. The molecule has 1 atom stereocenters. The Balaban J connectivity index is 1.66. The number of hydrogen-bond donors (Lipinski definition) is 1. The van der Waals surface area contributed by atoms with Gasteiger partial charge in [0.2, 0.25) is 5.91 Å². The zero-order valence-corrected chi connectivity index (χ0v) is 14.2. The van der Waals surface area contributed by atoms with E-state index in [2.05, 4.69) is 40.0 Å². The molecule has 0 fully saturated rings. The quantitative estimate of drug-likeness (QED) is 0.749. The lowest BCUT2D eigenvalue weighted by molar-refractivity contribution is -0.122. The van der Waals surface area contributed by atoms with Gasteiger partial charge in [0.15, 0.2) is 0 Å². The molecule has 0 aliphatic rings. The summed E-state index contributed by atoms with van der Waals surface area (Å²) in [7, 11) is 0. The molecule has 0 saturated heterocycles. The molecule has 124 valence electrons. The first-order chi connectivity index (χ1) is 11.7. The number of fused-ring (bicyclic) bond motifs is 1. The summed E-state index contributed by atoms with van der Waals surface area (Å²) in [5.41, 5.74) is 4.22. The molecule has 4 heteroatoms. The highest BCUT2D eigenvalue weighted by Crippen LogP contribution is 2.17. The predicted molar refractivity (Wildman–Crippen MR) is 96.7 cm³/mol. The Hall–Kier alpha value is -2.62. The van der Waals surface area contributed by atoms with Crippen molar-refractivity contribution >= 4 is 16.9 Å². The second-order valence-electron chi connectivity index (χ2n) is 6.11. The van der Waals surface area contributed by atoms with E-state index < -0.39 is 0 Å². The van der Waals surface area contributed by atoms with Gasteiger partial charge in [-0.25, -0.2) is 4.98 Å². The number of nitrogens with one attached hydrogen (secondary N) is 1. The topological polar surface area (TPSA) is 46.9 Å². The van der Waals surface area contributed by atoms with Gasteiger partial charge in [-0.05, 0) is 36.6 Å². The fourth-order valence-electron chi connectivity index (χ4n) is 2.87. The number of rotatable bonds is 6.